The van der Waals surface area contributed by atoms with Crippen molar-refractivity contribution in [3.8, 4) is 0 Å². The fourth-order valence-corrected chi connectivity index (χ4v) is 5.30. The summed E-state index contributed by atoms with van der Waals surface area (Å²) in [5.74, 6) is -1.67. The third-order valence-corrected chi connectivity index (χ3v) is 6.92. The van der Waals surface area contributed by atoms with Gasteiger partial charge >= 0.3 is 11.9 Å². The number of nitrogens with zero attached hydrogens (tertiary/aromatic N) is 1. The number of aryl methyl sites for hydroxylation is 1. The minimum atomic E-state index is -3.76. The van der Waals surface area contributed by atoms with E-state index in [9.17, 15) is 18.0 Å². The second-order valence-corrected chi connectivity index (χ2v) is 8.76. The van der Waals surface area contributed by atoms with Crippen LogP contribution in [0.25, 0.3) is 0 Å². The van der Waals surface area contributed by atoms with Crippen molar-refractivity contribution in [2.24, 2.45) is 5.92 Å². The smallest absolute Gasteiger partial charge is 0.335 e. The normalized spacial score (nSPS) is 18.9. The van der Waals surface area contributed by atoms with Crippen LogP contribution in [0.2, 0.25) is 0 Å². The largest absolute Gasteiger partial charge is 0.463 e. The van der Waals surface area contributed by atoms with Gasteiger partial charge in [-0.1, -0.05) is 23.8 Å². The van der Waals surface area contributed by atoms with Gasteiger partial charge in [0.25, 0.3) is 10.0 Å². The van der Waals surface area contributed by atoms with Crippen LogP contribution >= 0.6 is 0 Å². The molecule has 1 saturated heterocycles. The summed E-state index contributed by atoms with van der Waals surface area (Å²) in [7, 11) is -3.76. The van der Waals surface area contributed by atoms with Gasteiger partial charge in [-0.2, -0.15) is 0 Å². The highest BCUT2D eigenvalue weighted by Crippen LogP contribution is 2.43. The van der Waals surface area contributed by atoms with Crippen molar-refractivity contribution < 1.29 is 27.5 Å². The molecule has 0 N–H and O–H groups in total. The summed E-state index contributed by atoms with van der Waals surface area (Å²) in [5, 5.41) is 0. The topological polar surface area (TPSA) is 90.0 Å². The Balaban J connectivity index is 1.98. The van der Waals surface area contributed by atoms with E-state index in [0.29, 0.717) is 12.1 Å². The van der Waals surface area contributed by atoms with Crippen molar-refractivity contribution in [3.63, 3.8) is 0 Å². The van der Waals surface area contributed by atoms with Crippen molar-refractivity contribution in [2.45, 2.75) is 38.5 Å². The number of esters is 2. The van der Waals surface area contributed by atoms with E-state index < -0.39 is 27.9 Å². The van der Waals surface area contributed by atoms with Gasteiger partial charge in [-0.3, -0.25) is 4.31 Å². The van der Waals surface area contributed by atoms with E-state index in [4.69, 9.17) is 9.47 Å². The lowest BCUT2D eigenvalue weighted by Gasteiger charge is -2.27. The van der Waals surface area contributed by atoms with Gasteiger partial charge < -0.3 is 9.47 Å². The predicted octanol–water partition coefficient (Wildman–Crippen LogP) is 2.72. The third kappa shape index (κ3) is 3.94. The molecule has 0 amide bonds. The van der Waals surface area contributed by atoms with Gasteiger partial charge in [0.05, 0.1) is 29.3 Å². The van der Waals surface area contributed by atoms with Crippen LogP contribution in [-0.4, -0.2) is 44.4 Å². The first-order valence-electron chi connectivity index (χ1n) is 9.68. The van der Waals surface area contributed by atoms with Crippen molar-refractivity contribution in [1.82, 2.24) is 4.31 Å². The molecule has 1 aromatic carbocycles. The average molecular weight is 419 g/mol. The molecule has 0 saturated carbocycles. The zero-order valence-corrected chi connectivity index (χ0v) is 17.6. The van der Waals surface area contributed by atoms with Crippen LogP contribution in [0.1, 0.15) is 32.3 Å². The second-order valence-electron chi connectivity index (χ2n) is 6.90. The molecule has 1 unspecified atom stereocenters. The lowest BCUT2D eigenvalue weighted by Crippen LogP contribution is -2.30. The van der Waals surface area contributed by atoms with Crippen LogP contribution < -0.4 is 0 Å². The molecule has 3 rings (SSSR count). The van der Waals surface area contributed by atoms with Gasteiger partial charge in [-0.05, 0) is 39.3 Å². The fraction of sp³-hybridized carbons (Fsp3) is 0.429. The summed E-state index contributed by atoms with van der Waals surface area (Å²) in [6.07, 6.45) is 2.23. The molecule has 0 aromatic heterocycles. The fourth-order valence-electron chi connectivity index (χ4n) is 3.74. The van der Waals surface area contributed by atoms with Gasteiger partial charge in [0.1, 0.15) is 0 Å². The van der Waals surface area contributed by atoms with Crippen LogP contribution in [0, 0.1) is 12.8 Å². The Bertz CT molecular complexity index is 975. The minimum absolute atomic E-state index is 0.124. The molecule has 7 nitrogen and oxygen atoms in total. The highest BCUT2D eigenvalue weighted by molar-refractivity contribution is 7.89. The standard InChI is InChI=1S/C21H25NO6S/c1-4-27-20(23)17-10-11-18-16(19(17)21(24)28-5-2)12-13-22(18)29(25,26)15-8-6-14(3)7-9-15/h6-9,11,16H,4-5,10,12-13H2,1-3H3. The van der Waals surface area contributed by atoms with Crippen molar-refractivity contribution in [2.75, 3.05) is 19.8 Å². The number of carbonyl (C=O) groups excluding carboxylic acids is 2. The van der Waals surface area contributed by atoms with E-state index in [1.807, 2.05) is 6.92 Å². The quantitative estimate of drug-likeness (QED) is 0.659. The molecule has 8 heteroatoms. The monoisotopic (exact) mass is 419 g/mol. The number of sulfonamides is 1. The van der Waals surface area contributed by atoms with Gasteiger partial charge in [0.2, 0.25) is 0 Å². The summed E-state index contributed by atoms with van der Waals surface area (Å²) in [4.78, 5) is 25.2. The molecule has 1 fully saturated rings. The minimum Gasteiger partial charge on any atom is -0.463 e. The zero-order chi connectivity index (χ0) is 21.2. The Morgan fingerprint density at radius 3 is 2.31 bits per heavy atom. The molecule has 1 aliphatic carbocycles. The molecule has 2 aliphatic rings. The van der Waals surface area contributed by atoms with Gasteiger partial charge in [-0.15, -0.1) is 0 Å². The number of hydrogen-bond acceptors (Lipinski definition) is 6. The number of hydrogen-bond donors (Lipinski definition) is 0. The van der Waals surface area contributed by atoms with Crippen LogP contribution in [0.3, 0.4) is 0 Å². The van der Waals surface area contributed by atoms with Crippen LogP contribution in [0.5, 0.6) is 0 Å². The first-order valence-corrected chi connectivity index (χ1v) is 11.1. The van der Waals surface area contributed by atoms with Gasteiger partial charge in [-0.25, -0.2) is 18.0 Å². The number of fused-ring (bicyclic) bond motifs is 1. The average Bonchev–Trinajstić information content (AvgIpc) is 3.12. The van der Waals surface area contributed by atoms with E-state index in [0.717, 1.165) is 5.56 Å². The molecule has 0 radical (unpaired) electrons. The lowest BCUT2D eigenvalue weighted by molar-refractivity contribution is -0.142. The maximum atomic E-state index is 13.2. The third-order valence-electron chi connectivity index (χ3n) is 5.08. The molecule has 0 spiro atoms. The first-order chi connectivity index (χ1) is 13.8. The SMILES string of the molecule is CCOC(=O)C1=C(C(=O)OCC)C2CCN(S(=O)(=O)c3ccc(C)cc3)C2=CC1. The molecule has 1 heterocycles. The number of ether oxygens (including phenoxy) is 2. The van der Waals surface area contributed by atoms with Crippen LogP contribution in [0.15, 0.2) is 52.1 Å². The predicted molar refractivity (Wildman–Crippen MR) is 106 cm³/mol. The maximum Gasteiger partial charge on any atom is 0.335 e. The number of allylic oxidation sites excluding steroid dienone is 2. The van der Waals surface area contributed by atoms with Crippen molar-refractivity contribution in [3.05, 3.63) is 52.7 Å². The van der Waals surface area contributed by atoms with E-state index in [2.05, 4.69) is 0 Å². The van der Waals surface area contributed by atoms with Crippen molar-refractivity contribution in [1.29, 1.82) is 0 Å². The Morgan fingerprint density at radius 2 is 1.69 bits per heavy atom. The summed E-state index contributed by atoms with van der Waals surface area (Å²) in [5.41, 5.74) is 1.94. The molecule has 29 heavy (non-hydrogen) atoms. The summed E-state index contributed by atoms with van der Waals surface area (Å²) in [6.45, 7) is 5.84. The summed E-state index contributed by atoms with van der Waals surface area (Å²) < 4.78 is 38.0. The highest BCUT2D eigenvalue weighted by atomic mass is 32.2. The lowest BCUT2D eigenvalue weighted by atomic mass is 9.85. The Kier molecular flexibility index (Phi) is 6.12. The Morgan fingerprint density at radius 1 is 1.07 bits per heavy atom. The number of rotatable bonds is 6. The molecular formula is C21H25NO6S. The highest BCUT2D eigenvalue weighted by Gasteiger charge is 2.44. The molecule has 1 aromatic rings. The molecular weight excluding hydrogens is 394 g/mol. The van der Waals surface area contributed by atoms with E-state index in [1.54, 1.807) is 44.2 Å². The van der Waals surface area contributed by atoms with Gasteiger partial charge in [0, 0.05) is 24.6 Å². The summed E-state index contributed by atoms with van der Waals surface area (Å²) in [6, 6.07) is 6.65. The zero-order valence-electron chi connectivity index (χ0n) is 16.8. The molecule has 1 aliphatic heterocycles. The Hall–Kier alpha value is -2.61. The summed E-state index contributed by atoms with van der Waals surface area (Å²) >= 11 is 0. The van der Waals surface area contributed by atoms with E-state index >= 15 is 0 Å². The maximum absolute atomic E-state index is 13.2. The molecule has 0 bridgehead atoms. The van der Waals surface area contributed by atoms with Crippen LogP contribution in [0.4, 0.5) is 0 Å². The number of benzene rings is 1. The number of carbonyl (C=O) groups is 2. The van der Waals surface area contributed by atoms with Crippen LogP contribution in [-0.2, 0) is 29.1 Å². The van der Waals surface area contributed by atoms with E-state index in [-0.39, 0.29) is 42.2 Å². The first kappa shape index (κ1) is 21.1. The molecule has 1 atom stereocenters. The Labute approximate surface area is 171 Å². The molecule has 156 valence electrons. The van der Waals surface area contributed by atoms with Gasteiger partial charge in [0.15, 0.2) is 0 Å². The van der Waals surface area contributed by atoms with Crippen molar-refractivity contribution >= 4 is 22.0 Å². The van der Waals surface area contributed by atoms with E-state index in [1.165, 1.54) is 4.31 Å². The second kappa shape index (κ2) is 8.41.